The van der Waals surface area contributed by atoms with Crippen LogP contribution in [0.4, 0.5) is 11.5 Å². The summed E-state index contributed by atoms with van der Waals surface area (Å²) in [5.41, 5.74) is 7.39. The van der Waals surface area contributed by atoms with Crippen molar-refractivity contribution in [1.29, 1.82) is 0 Å². The van der Waals surface area contributed by atoms with Crippen LogP contribution in [0.5, 0.6) is 0 Å². The number of nitrogen functional groups attached to an aromatic ring is 1. The van der Waals surface area contributed by atoms with Crippen LogP contribution < -0.4 is 11.1 Å². The maximum Gasteiger partial charge on any atom is 0.151 e. The smallest absolute Gasteiger partial charge is 0.151 e. The summed E-state index contributed by atoms with van der Waals surface area (Å²) in [6, 6.07) is 11.0. The number of anilines is 2. The predicted octanol–water partition coefficient (Wildman–Crippen LogP) is 3.58. The molecule has 2 rings (SSSR count). The van der Waals surface area contributed by atoms with E-state index >= 15 is 0 Å². The van der Waals surface area contributed by atoms with E-state index in [9.17, 15) is 0 Å². The zero-order valence-electron chi connectivity index (χ0n) is 8.95. The summed E-state index contributed by atoms with van der Waals surface area (Å²) >= 11 is 11.7. The number of pyridine rings is 1. The largest absolute Gasteiger partial charge is 0.396 e. The van der Waals surface area contributed by atoms with Crippen LogP contribution in [0.25, 0.3) is 0 Å². The summed E-state index contributed by atoms with van der Waals surface area (Å²) in [5.74, 6) is 0.581. The molecule has 0 atom stereocenters. The van der Waals surface area contributed by atoms with Gasteiger partial charge in [0.05, 0.1) is 5.69 Å². The van der Waals surface area contributed by atoms with E-state index in [1.165, 1.54) is 0 Å². The van der Waals surface area contributed by atoms with Gasteiger partial charge in [-0.3, -0.25) is 0 Å². The molecule has 0 fully saturated rings. The van der Waals surface area contributed by atoms with Crippen molar-refractivity contribution in [3.8, 4) is 0 Å². The van der Waals surface area contributed by atoms with Crippen molar-refractivity contribution < 1.29 is 0 Å². The molecule has 0 bridgehead atoms. The Bertz CT molecular complexity index is 529. The Morgan fingerprint density at radius 3 is 2.76 bits per heavy atom. The van der Waals surface area contributed by atoms with Crippen LogP contribution in [0.15, 0.2) is 36.4 Å². The Labute approximate surface area is 110 Å². The van der Waals surface area contributed by atoms with Crippen molar-refractivity contribution in [2.45, 2.75) is 6.54 Å². The van der Waals surface area contributed by atoms with Gasteiger partial charge < -0.3 is 11.1 Å². The second-order valence-corrected chi connectivity index (χ2v) is 4.38. The Morgan fingerprint density at radius 1 is 1.18 bits per heavy atom. The average Bonchev–Trinajstić information content (AvgIpc) is 2.30. The maximum atomic E-state index is 5.89. The second-order valence-electron chi connectivity index (χ2n) is 3.56. The Morgan fingerprint density at radius 2 is 2.00 bits per heavy atom. The van der Waals surface area contributed by atoms with Crippen LogP contribution in [-0.4, -0.2) is 4.98 Å². The molecule has 1 heterocycles. The molecule has 1 aromatic heterocycles. The summed E-state index contributed by atoms with van der Waals surface area (Å²) in [6.07, 6.45) is 0. The van der Waals surface area contributed by atoms with Crippen LogP contribution in [0.2, 0.25) is 10.2 Å². The molecule has 0 unspecified atom stereocenters. The van der Waals surface area contributed by atoms with Gasteiger partial charge in [-0.05, 0) is 29.8 Å². The predicted molar refractivity (Wildman–Crippen MR) is 72.4 cm³/mol. The third-order valence-corrected chi connectivity index (χ3v) is 2.69. The number of nitrogens with one attached hydrogen (secondary N) is 1. The summed E-state index contributed by atoms with van der Waals surface area (Å²) in [6.45, 7) is 0.595. The molecular weight excluding hydrogens is 257 g/mol. The average molecular weight is 268 g/mol. The molecule has 0 amide bonds. The maximum absolute atomic E-state index is 5.89. The molecule has 3 N–H and O–H groups in total. The molecule has 0 saturated carbocycles. The van der Waals surface area contributed by atoms with E-state index in [-0.39, 0.29) is 0 Å². The normalized spacial score (nSPS) is 10.2. The van der Waals surface area contributed by atoms with E-state index in [1.54, 1.807) is 12.1 Å². The molecule has 0 aliphatic carbocycles. The fourth-order valence-corrected chi connectivity index (χ4v) is 1.78. The van der Waals surface area contributed by atoms with E-state index in [2.05, 4.69) is 10.3 Å². The van der Waals surface area contributed by atoms with Crippen LogP contribution >= 0.6 is 23.2 Å². The van der Waals surface area contributed by atoms with Crippen LogP contribution in [0, 0.1) is 0 Å². The second kappa shape index (κ2) is 5.25. The van der Waals surface area contributed by atoms with E-state index in [0.29, 0.717) is 28.2 Å². The number of nitrogens with two attached hydrogens (primary N) is 1. The Balaban J connectivity index is 2.09. The van der Waals surface area contributed by atoms with Gasteiger partial charge in [0.15, 0.2) is 5.82 Å². The molecule has 2 aromatic rings. The highest BCUT2D eigenvalue weighted by molar-refractivity contribution is 6.30. The lowest BCUT2D eigenvalue weighted by Crippen LogP contribution is -2.04. The van der Waals surface area contributed by atoms with Gasteiger partial charge in [0.1, 0.15) is 5.15 Å². The summed E-state index contributed by atoms with van der Waals surface area (Å²) in [5, 5.41) is 4.23. The van der Waals surface area contributed by atoms with Gasteiger partial charge in [-0.25, -0.2) is 4.98 Å². The highest BCUT2D eigenvalue weighted by Gasteiger charge is 2.02. The van der Waals surface area contributed by atoms with Crippen molar-refractivity contribution in [3.63, 3.8) is 0 Å². The zero-order valence-corrected chi connectivity index (χ0v) is 10.5. The monoisotopic (exact) mass is 267 g/mol. The number of rotatable bonds is 3. The van der Waals surface area contributed by atoms with Crippen LogP contribution in [0.1, 0.15) is 5.56 Å². The number of hydrogen-bond acceptors (Lipinski definition) is 3. The molecule has 0 aliphatic rings. The van der Waals surface area contributed by atoms with E-state index in [1.807, 2.05) is 24.3 Å². The van der Waals surface area contributed by atoms with E-state index in [0.717, 1.165) is 5.56 Å². The first-order chi connectivity index (χ1) is 8.15. The zero-order chi connectivity index (χ0) is 12.3. The molecule has 88 valence electrons. The molecule has 3 nitrogen and oxygen atoms in total. The van der Waals surface area contributed by atoms with E-state index < -0.39 is 0 Å². The van der Waals surface area contributed by atoms with Gasteiger partial charge in [-0.15, -0.1) is 0 Å². The lowest BCUT2D eigenvalue weighted by molar-refractivity contribution is 1.11. The third kappa shape index (κ3) is 3.25. The number of aromatic nitrogens is 1. The fourth-order valence-electron chi connectivity index (χ4n) is 1.42. The highest BCUT2D eigenvalue weighted by atomic mass is 35.5. The standard InChI is InChI=1S/C12H11Cl2N3/c13-9-3-1-2-8(6-9)7-16-12-10(15)4-5-11(14)17-12/h1-6H,7,15H2,(H,16,17). The minimum Gasteiger partial charge on any atom is -0.396 e. The van der Waals surface area contributed by atoms with Crippen molar-refractivity contribution in [2.24, 2.45) is 0 Å². The fraction of sp³-hybridized carbons (Fsp3) is 0.0833. The van der Waals surface area contributed by atoms with Gasteiger partial charge in [-0.2, -0.15) is 0 Å². The molecule has 5 heteroatoms. The van der Waals surface area contributed by atoms with Gasteiger partial charge in [0, 0.05) is 11.6 Å². The summed E-state index contributed by atoms with van der Waals surface area (Å²) in [7, 11) is 0. The summed E-state index contributed by atoms with van der Waals surface area (Å²) in [4.78, 5) is 4.11. The minimum absolute atomic E-state index is 0.410. The van der Waals surface area contributed by atoms with Crippen molar-refractivity contribution >= 4 is 34.7 Å². The first kappa shape index (κ1) is 12.0. The first-order valence-electron chi connectivity index (χ1n) is 5.05. The quantitative estimate of drug-likeness (QED) is 0.836. The Hall–Kier alpha value is -1.45. The van der Waals surface area contributed by atoms with Gasteiger partial charge in [0.2, 0.25) is 0 Å². The molecule has 17 heavy (non-hydrogen) atoms. The molecule has 0 spiro atoms. The van der Waals surface area contributed by atoms with Crippen LogP contribution in [-0.2, 0) is 6.54 Å². The number of hydrogen-bond donors (Lipinski definition) is 2. The van der Waals surface area contributed by atoms with Gasteiger partial charge in [0.25, 0.3) is 0 Å². The first-order valence-corrected chi connectivity index (χ1v) is 5.81. The molecular formula is C12H11Cl2N3. The number of benzene rings is 1. The van der Waals surface area contributed by atoms with Crippen molar-refractivity contribution in [3.05, 3.63) is 52.1 Å². The molecule has 0 saturated heterocycles. The van der Waals surface area contributed by atoms with Crippen molar-refractivity contribution in [2.75, 3.05) is 11.1 Å². The number of nitrogens with zero attached hydrogens (tertiary/aromatic N) is 1. The third-order valence-electron chi connectivity index (χ3n) is 2.24. The minimum atomic E-state index is 0.410. The van der Waals surface area contributed by atoms with Crippen LogP contribution in [0.3, 0.4) is 0 Å². The van der Waals surface area contributed by atoms with Crippen molar-refractivity contribution in [1.82, 2.24) is 4.98 Å². The van der Waals surface area contributed by atoms with E-state index in [4.69, 9.17) is 28.9 Å². The lowest BCUT2D eigenvalue weighted by Gasteiger charge is -2.08. The Kier molecular flexibility index (Phi) is 3.71. The molecule has 0 aliphatic heterocycles. The lowest BCUT2D eigenvalue weighted by atomic mass is 10.2. The highest BCUT2D eigenvalue weighted by Crippen LogP contribution is 2.19. The topological polar surface area (TPSA) is 50.9 Å². The molecule has 0 radical (unpaired) electrons. The van der Waals surface area contributed by atoms with Gasteiger partial charge in [-0.1, -0.05) is 35.3 Å². The molecule has 1 aromatic carbocycles. The van der Waals surface area contributed by atoms with Gasteiger partial charge >= 0.3 is 0 Å². The number of halogens is 2. The summed E-state index contributed by atoms with van der Waals surface area (Å²) < 4.78 is 0. The SMILES string of the molecule is Nc1ccc(Cl)nc1NCc1cccc(Cl)c1.